The molecule has 1 aromatic heterocycles. The highest BCUT2D eigenvalue weighted by molar-refractivity contribution is 9.10. The first-order valence-corrected chi connectivity index (χ1v) is 14.7. The summed E-state index contributed by atoms with van der Waals surface area (Å²) in [5.74, 6) is -0.794. The fourth-order valence-electron chi connectivity index (χ4n) is 4.44. The smallest absolute Gasteiger partial charge is 0.359 e. The van der Waals surface area contributed by atoms with Crippen LogP contribution < -0.4 is 10.7 Å². The number of halogens is 3. The highest BCUT2D eigenvalue weighted by Gasteiger charge is 2.36. The number of aromatic nitrogens is 1. The molecule has 3 N–H and O–H groups in total. The molecule has 0 radical (unpaired) electrons. The van der Waals surface area contributed by atoms with E-state index < -0.39 is 23.2 Å². The first-order valence-electron chi connectivity index (χ1n) is 12.1. The molecule has 2 atom stereocenters. The minimum absolute atomic E-state index is 0.00600. The number of pyridine rings is 1. The Kier molecular flexibility index (Phi) is 8.47. The quantitative estimate of drug-likeness (QED) is 0.372. The molecule has 11 nitrogen and oxygen atoms in total. The molecule has 0 bridgehead atoms. The van der Waals surface area contributed by atoms with Crippen molar-refractivity contribution in [1.82, 2.24) is 20.2 Å². The van der Waals surface area contributed by atoms with Crippen LogP contribution in [0.2, 0.25) is 10.0 Å². The van der Waals surface area contributed by atoms with Crippen molar-refractivity contribution >= 4 is 73.8 Å². The van der Waals surface area contributed by atoms with Crippen LogP contribution in [0.1, 0.15) is 34.8 Å². The molecule has 5 rings (SSSR count). The zero-order chi connectivity index (χ0) is 28.6. The molecule has 1 fully saturated rings. The highest BCUT2D eigenvalue weighted by Crippen LogP contribution is 2.35. The van der Waals surface area contributed by atoms with E-state index in [0.29, 0.717) is 32.6 Å². The third-order valence-electron chi connectivity index (χ3n) is 6.60. The molecule has 210 valence electrons. The number of nitrogens with one attached hydrogen (secondary N) is 2. The summed E-state index contributed by atoms with van der Waals surface area (Å²) in [4.78, 5) is 34.3. The average Bonchev–Trinajstić information content (AvgIpc) is 3.66. The maximum atomic E-state index is 13.5. The molecule has 1 aromatic carbocycles. The Labute approximate surface area is 250 Å². The Morgan fingerprint density at radius 2 is 2.08 bits per heavy atom. The largest absolute Gasteiger partial charge is 0.361 e. The Morgan fingerprint density at radius 3 is 2.77 bits per heavy atom. The Bertz CT molecular complexity index is 1500. The van der Waals surface area contributed by atoms with Gasteiger partial charge in [0.2, 0.25) is 5.88 Å². The number of hydrogen-bond donors (Lipinski definition) is 3. The topological polar surface area (TPSA) is 136 Å². The maximum absolute atomic E-state index is 13.5. The van der Waals surface area contributed by atoms with Gasteiger partial charge >= 0.3 is 11.4 Å². The van der Waals surface area contributed by atoms with Crippen LogP contribution in [0.15, 0.2) is 63.6 Å². The Morgan fingerprint density at radius 1 is 1.30 bits per heavy atom. The molecule has 2 unspecified atom stereocenters. The van der Waals surface area contributed by atoms with Crippen LogP contribution in [0.25, 0.3) is 0 Å². The van der Waals surface area contributed by atoms with Gasteiger partial charge in [0.1, 0.15) is 5.84 Å². The van der Waals surface area contributed by atoms with E-state index in [4.69, 9.17) is 27.4 Å². The van der Waals surface area contributed by atoms with Crippen LogP contribution >= 0.6 is 39.1 Å². The van der Waals surface area contributed by atoms with Crippen molar-refractivity contribution in [3.63, 3.8) is 0 Å². The number of rotatable bonds is 7. The third-order valence-corrected chi connectivity index (χ3v) is 8.08. The van der Waals surface area contributed by atoms with Gasteiger partial charge in [-0.1, -0.05) is 23.2 Å². The molecule has 40 heavy (non-hydrogen) atoms. The fraction of sp³-hybridized carbons (Fsp3) is 0.280. The van der Waals surface area contributed by atoms with Crippen LogP contribution in [0.5, 0.6) is 0 Å². The van der Waals surface area contributed by atoms with Crippen molar-refractivity contribution in [1.29, 1.82) is 0 Å². The lowest BCUT2D eigenvalue weighted by atomic mass is 10.0. The summed E-state index contributed by atoms with van der Waals surface area (Å²) >= 11 is 13.4. The van der Waals surface area contributed by atoms with Crippen LogP contribution in [-0.4, -0.2) is 67.4 Å². The zero-order valence-electron chi connectivity index (χ0n) is 20.9. The zero-order valence-corrected chi connectivity index (χ0v) is 24.9. The number of hydrogen-bond acceptors (Lipinski definition) is 8. The van der Waals surface area contributed by atoms with Crippen molar-refractivity contribution in [2.24, 2.45) is 5.10 Å². The minimum Gasteiger partial charge on any atom is -0.361 e. The van der Waals surface area contributed by atoms with Crippen molar-refractivity contribution in [3.05, 3.63) is 79.8 Å². The summed E-state index contributed by atoms with van der Waals surface area (Å²) in [7, 11) is 1.72. The normalized spacial score (nSPS) is 19.2. The van der Waals surface area contributed by atoms with Crippen LogP contribution in [0, 0.1) is 0 Å². The van der Waals surface area contributed by atoms with Crippen molar-refractivity contribution in [2.75, 3.05) is 25.5 Å². The summed E-state index contributed by atoms with van der Waals surface area (Å²) in [5.41, 5.74) is 4.25. The average molecular weight is 670 g/mol. The maximum Gasteiger partial charge on any atom is 0.359 e. The van der Waals surface area contributed by atoms with Gasteiger partial charge in [0, 0.05) is 47.0 Å². The molecule has 2 amide bonds. The predicted octanol–water partition coefficient (Wildman–Crippen LogP) is 4.26. The lowest BCUT2D eigenvalue weighted by Gasteiger charge is -2.30. The first kappa shape index (κ1) is 28.6. The molecule has 0 spiro atoms. The Balaban J connectivity index is 1.43. The SMILES string of the molecule is CN(C(=O)c1cc(Cl)cc(Br)c1NC(=O)C1=CC=C(OS(=O)O)N(C2=NNCC2c2ncccc2Cl)C1)C1CC1. The lowest BCUT2D eigenvalue weighted by molar-refractivity contribution is -0.113. The number of nitrogens with zero attached hydrogens (tertiary/aromatic N) is 4. The first-order chi connectivity index (χ1) is 19.1. The van der Waals surface area contributed by atoms with Crippen LogP contribution in [-0.2, 0) is 20.3 Å². The number of carbonyl (C=O) groups excluding carboxylic acids is 2. The molecule has 2 aromatic rings. The molecule has 15 heteroatoms. The number of amidine groups is 1. The van der Waals surface area contributed by atoms with Crippen LogP contribution in [0.3, 0.4) is 0 Å². The molecular weight excluding hydrogens is 647 g/mol. The summed E-state index contributed by atoms with van der Waals surface area (Å²) in [6, 6.07) is 6.68. The van der Waals surface area contributed by atoms with E-state index in [0.717, 1.165) is 12.8 Å². The second kappa shape index (κ2) is 11.9. The second-order valence-electron chi connectivity index (χ2n) is 9.25. The number of benzene rings is 1. The molecular formula is C25H23BrCl2N6O5S. The van der Waals surface area contributed by atoms with Gasteiger partial charge in [0.25, 0.3) is 11.8 Å². The standard InChI is InChI=1S/C25H23BrCl2N6O5S/c1-33(15-5-6-15)25(36)16-9-14(27)10-18(26)21(16)31-24(35)13-4-7-20(39-40(37)38)34(12-13)23-17(11-30-32-23)22-19(28)3-2-8-29-22/h2-4,7-10,15,17,30H,5-6,11-12H2,1H3,(H,31,35)(H,37,38). The summed E-state index contributed by atoms with van der Waals surface area (Å²) in [5, 5.41) is 7.96. The fourth-order valence-corrected chi connectivity index (χ4v) is 5.89. The molecule has 1 saturated carbocycles. The van der Waals surface area contributed by atoms with Crippen molar-refractivity contribution < 1.29 is 22.5 Å². The van der Waals surface area contributed by atoms with Crippen LogP contribution in [0.4, 0.5) is 5.69 Å². The molecule has 1 aliphatic carbocycles. The number of amides is 2. The van der Waals surface area contributed by atoms with Gasteiger partial charge in [-0.05, 0) is 59.1 Å². The number of hydrazone groups is 1. The van der Waals surface area contributed by atoms with Gasteiger partial charge in [-0.15, -0.1) is 0 Å². The van der Waals surface area contributed by atoms with Gasteiger partial charge in [-0.2, -0.15) is 9.31 Å². The predicted molar refractivity (Wildman–Crippen MR) is 155 cm³/mol. The van der Waals surface area contributed by atoms with E-state index in [1.165, 1.54) is 23.1 Å². The third kappa shape index (κ3) is 6.03. The van der Waals surface area contributed by atoms with Gasteiger partial charge in [-0.25, -0.2) is 0 Å². The summed E-state index contributed by atoms with van der Waals surface area (Å²) < 4.78 is 26.5. The van der Waals surface area contributed by atoms with Gasteiger partial charge in [0.15, 0.2) is 0 Å². The number of carbonyl (C=O) groups is 2. The number of anilines is 1. The van der Waals surface area contributed by atoms with E-state index in [1.54, 1.807) is 36.3 Å². The van der Waals surface area contributed by atoms with Gasteiger partial charge in [0.05, 0.1) is 34.4 Å². The second-order valence-corrected chi connectivity index (χ2v) is 11.5. The summed E-state index contributed by atoms with van der Waals surface area (Å²) in [6.45, 7) is 0.299. The number of allylic oxidation sites excluding steroid dienone is 2. The minimum atomic E-state index is -2.63. The van der Waals surface area contributed by atoms with Gasteiger partial charge in [-0.3, -0.25) is 24.0 Å². The summed E-state index contributed by atoms with van der Waals surface area (Å²) in [6.07, 6.45) is 6.32. The molecule has 0 saturated heterocycles. The highest BCUT2D eigenvalue weighted by atomic mass is 79.9. The van der Waals surface area contributed by atoms with Gasteiger partial charge < -0.3 is 19.8 Å². The van der Waals surface area contributed by atoms with Crippen molar-refractivity contribution in [3.8, 4) is 0 Å². The lowest BCUT2D eigenvalue weighted by Crippen LogP contribution is -2.40. The van der Waals surface area contributed by atoms with E-state index in [2.05, 4.69) is 36.8 Å². The molecule has 3 aliphatic rings. The van der Waals surface area contributed by atoms with E-state index in [-0.39, 0.29) is 41.2 Å². The van der Waals surface area contributed by atoms with E-state index >= 15 is 0 Å². The van der Waals surface area contributed by atoms with E-state index in [9.17, 15) is 18.4 Å². The van der Waals surface area contributed by atoms with Crippen molar-refractivity contribution in [2.45, 2.75) is 24.8 Å². The molecule has 2 aliphatic heterocycles. The monoisotopic (exact) mass is 668 g/mol. The molecule has 3 heterocycles. The van der Waals surface area contributed by atoms with E-state index in [1.807, 2.05) is 0 Å². The Hall–Kier alpha value is -2.97.